The van der Waals surface area contributed by atoms with E-state index in [0.29, 0.717) is 25.0 Å². The molecule has 2 rings (SSSR count). The third kappa shape index (κ3) is 5.80. The molecule has 7 heteroatoms. The van der Waals surface area contributed by atoms with Crippen molar-refractivity contribution in [2.75, 3.05) is 20.7 Å². The summed E-state index contributed by atoms with van der Waals surface area (Å²) in [4.78, 5) is 12.4. The van der Waals surface area contributed by atoms with Crippen LogP contribution in [0, 0.1) is 0 Å². The molecule has 0 aliphatic rings. The molecule has 1 amide bonds. The summed E-state index contributed by atoms with van der Waals surface area (Å²) in [5, 5.41) is 2.81. The fourth-order valence-corrected chi connectivity index (χ4v) is 3.67. The Kier molecular flexibility index (Phi) is 7.38. The standard InChI is InChI=1S/C20H26N2O4S/c1-4-26-18-12-9-16(10-13-18)11-14-20(23)21-15-17-7-5-6-8-19(17)27(24,25)22(2)3/h5-10,12-13H,4,11,14-15H2,1-3H3,(H,21,23). The first-order valence-corrected chi connectivity index (χ1v) is 10.3. The van der Waals surface area contributed by atoms with Crippen LogP contribution in [0.3, 0.4) is 0 Å². The number of amides is 1. The lowest BCUT2D eigenvalue weighted by Gasteiger charge is -2.15. The Balaban J connectivity index is 1.93. The van der Waals surface area contributed by atoms with E-state index in [4.69, 9.17) is 4.74 Å². The van der Waals surface area contributed by atoms with Gasteiger partial charge < -0.3 is 10.1 Å². The monoisotopic (exact) mass is 390 g/mol. The second kappa shape index (κ2) is 9.53. The minimum absolute atomic E-state index is 0.124. The van der Waals surface area contributed by atoms with Crippen molar-refractivity contribution < 1.29 is 17.9 Å². The van der Waals surface area contributed by atoms with Crippen molar-refractivity contribution in [2.45, 2.75) is 31.2 Å². The molecule has 0 atom stereocenters. The molecule has 0 heterocycles. The largest absolute Gasteiger partial charge is 0.494 e. The molecular weight excluding hydrogens is 364 g/mol. The molecule has 0 saturated carbocycles. The first kappa shape index (κ1) is 20.9. The van der Waals surface area contributed by atoms with Crippen molar-refractivity contribution in [2.24, 2.45) is 0 Å². The molecule has 0 fully saturated rings. The van der Waals surface area contributed by atoms with Gasteiger partial charge in [0.25, 0.3) is 0 Å². The van der Waals surface area contributed by atoms with E-state index in [0.717, 1.165) is 11.3 Å². The van der Waals surface area contributed by atoms with Crippen LogP contribution in [0.15, 0.2) is 53.4 Å². The van der Waals surface area contributed by atoms with Gasteiger partial charge in [-0.25, -0.2) is 12.7 Å². The Labute approximate surface area is 161 Å². The summed E-state index contributed by atoms with van der Waals surface area (Å²) in [7, 11) is -0.574. The normalized spacial score (nSPS) is 11.4. The number of carbonyl (C=O) groups excluding carboxylic acids is 1. The third-order valence-corrected chi connectivity index (χ3v) is 6.00. The average molecular weight is 391 g/mol. The van der Waals surface area contributed by atoms with Gasteiger partial charge >= 0.3 is 0 Å². The summed E-state index contributed by atoms with van der Waals surface area (Å²) in [6, 6.07) is 14.4. The molecule has 0 radical (unpaired) electrons. The van der Waals surface area contributed by atoms with Gasteiger partial charge in [0, 0.05) is 27.1 Å². The summed E-state index contributed by atoms with van der Waals surface area (Å²) in [6.07, 6.45) is 0.937. The van der Waals surface area contributed by atoms with Gasteiger partial charge in [0.05, 0.1) is 11.5 Å². The maximum absolute atomic E-state index is 12.4. The highest BCUT2D eigenvalue weighted by Gasteiger charge is 2.20. The highest BCUT2D eigenvalue weighted by atomic mass is 32.2. The molecule has 27 heavy (non-hydrogen) atoms. The lowest BCUT2D eigenvalue weighted by atomic mass is 10.1. The van der Waals surface area contributed by atoms with E-state index in [1.807, 2.05) is 31.2 Å². The molecule has 2 aromatic rings. The smallest absolute Gasteiger partial charge is 0.242 e. The fraction of sp³-hybridized carbons (Fsp3) is 0.350. The summed E-state index contributed by atoms with van der Waals surface area (Å²) < 4.78 is 31.3. The number of hydrogen-bond acceptors (Lipinski definition) is 4. The van der Waals surface area contributed by atoms with Crippen LogP contribution < -0.4 is 10.1 Å². The van der Waals surface area contributed by atoms with E-state index in [9.17, 15) is 13.2 Å². The van der Waals surface area contributed by atoms with Gasteiger partial charge in [0.15, 0.2) is 0 Å². The molecule has 0 spiro atoms. The van der Waals surface area contributed by atoms with Gasteiger partial charge in [-0.15, -0.1) is 0 Å². The third-order valence-electron chi connectivity index (χ3n) is 4.08. The maximum atomic E-state index is 12.4. The zero-order valence-corrected chi connectivity index (χ0v) is 16.8. The molecule has 2 aromatic carbocycles. The minimum atomic E-state index is -3.55. The summed E-state index contributed by atoms with van der Waals surface area (Å²) in [6.45, 7) is 2.72. The van der Waals surface area contributed by atoms with Crippen LogP contribution in [0.1, 0.15) is 24.5 Å². The Hall–Kier alpha value is -2.38. The Bertz CT molecular complexity index is 862. The van der Waals surface area contributed by atoms with Crippen LogP contribution in [0.5, 0.6) is 5.75 Å². The molecule has 146 valence electrons. The molecule has 0 aliphatic carbocycles. The topological polar surface area (TPSA) is 75.7 Å². The number of carbonyl (C=O) groups is 1. The number of ether oxygens (including phenoxy) is 1. The van der Waals surface area contributed by atoms with Crippen LogP contribution in [-0.4, -0.2) is 39.3 Å². The van der Waals surface area contributed by atoms with E-state index in [-0.39, 0.29) is 17.3 Å². The van der Waals surface area contributed by atoms with Gasteiger partial charge in [0.1, 0.15) is 5.75 Å². The lowest BCUT2D eigenvalue weighted by Crippen LogP contribution is -2.27. The Morgan fingerprint density at radius 1 is 1.07 bits per heavy atom. The van der Waals surface area contributed by atoms with Gasteiger partial charge in [-0.3, -0.25) is 4.79 Å². The predicted molar refractivity (Wildman–Crippen MR) is 105 cm³/mol. The van der Waals surface area contributed by atoms with E-state index in [2.05, 4.69) is 5.32 Å². The first-order valence-electron chi connectivity index (χ1n) is 8.83. The number of rotatable bonds is 9. The number of aryl methyl sites for hydroxylation is 1. The predicted octanol–water partition coefficient (Wildman–Crippen LogP) is 2.58. The zero-order chi connectivity index (χ0) is 19.9. The summed E-state index contributed by atoms with van der Waals surface area (Å²) in [5.74, 6) is 0.686. The molecular formula is C20H26N2O4S. The van der Waals surface area contributed by atoms with Crippen LogP contribution in [0.4, 0.5) is 0 Å². The van der Waals surface area contributed by atoms with Crippen LogP contribution >= 0.6 is 0 Å². The van der Waals surface area contributed by atoms with E-state index >= 15 is 0 Å². The molecule has 0 aliphatic heterocycles. The zero-order valence-electron chi connectivity index (χ0n) is 15.9. The van der Waals surface area contributed by atoms with E-state index < -0.39 is 10.0 Å². The fourth-order valence-electron chi connectivity index (χ4n) is 2.56. The molecule has 0 aromatic heterocycles. The maximum Gasteiger partial charge on any atom is 0.242 e. The average Bonchev–Trinajstić information content (AvgIpc) is 2.66. The van der Waals surface area contributed by atoms with E-state index in [1.165, 1.54) is 18.4 Å². The number of sulfonamides is 1. The van der Waals surface area contributed by atoms with Crippen LogP contribution in [-0.2, 0) is 27.8 Å². The number of nitrogens with one attached hydrogen (secondary N) is 1. The quantitative estimate of drug-likeness (QED) is 0.714. The van der Waals surface area contributed by atoms with Crippen molar-refractivity contribution in [1.29, 1.82) is 0 Å². The van der Waals surface area contributed by atoms with Crippen LogP contribution in [0.2, 0.25) is 0 Å². The van der Waals surface area contributed by atoms with Crippen molar-refractivity contribution in [1.82, 2.24) is 9.62 Å². The lowest BCUT2D eigenvalue weighted by molar-refractivity contribution is -0.121. The van der Waals surface area contributed by atoms with Gasteiger partial charge in [-0.2, -0.15) is 0 Å². The molecule has 1 N–H and O–H groups in total. The van der Waals surface area contributed by atoms with Crippen LogP contribution in [0.25, 0.3) is 0 Å². The molecule has 6 nitrogen and oxygen atoms in total. The molecule has 0 bridgehead atoms. The second-order valence-electron chi connectivity index (χ2n) is 6.25. The van der Waals surface area contributed by atoms with Gasteiger partial charge in [-0.1, -0.05) is 30.3 Å². The van der Waals surface area contributed by atoms with Gasteiger partial charge in [0.2, 0.25) is 15.9 Å². The first-order chi connectivity index (χ1) is 12.8. The number of benzene rings is 2. The van der Waals surface area contributed by atoms with Crippen molar-refractivity contribution in [3.05, 3.63) is 59.7 Å². The summed E-state index contributed by atoms with van der Waals surface area (Å²) >= 11 is 0. The van der Waals surface area contributed by atoms with Gasteiger partial charge in [-0.05, 0) is 42.7 Å². The van der Waals surface area contributed by atoms with Crippen molar-refractivity contribution >= 4 is 15.9 Å². The Morgan fingerprint density at radius 3 is 2.37 bits per heavy atom. The minimum Gasteiger partial charge on any atom is -0.494 e. The number of nitrogens with zero attached hydrogens (tertiary/aromatic N) is 1. The highest BCUT2D eigenvalue weighted by molar-refractivity contribution is 7.89. The summed E-state index contributed by atoms with van der Waals surface area (Å²) in [5.41, 5.74) is 1.62. The SMILES string of the molecule is CCOc1ccc(CCC(=O)NCc2ccccc2S(=O)(=O)N(C)C)cc1. The second-order valence-corrected chi connectivity index (χ2v) is 8.37. The van der Waals surface area contributed by atoms with E-state index in [1.54, 1.807) is 24.3 Å². The highest BCUT2D eigenvalue weighted by Crippen LogP contribution is 2.18. The number of hydrogen-bond donors (Lipinski definition) is 1. The molecule has 0 saturated heterocycles. The van der Waals surface area contributed by atoms with Crippen molar-refractivity contribution in [3.63, 3.8) is 0 Å². The van der Waals surface area contributed by atoms with Crippen molar-refractivity contribution in [3.8, 4) is 5.75 Å². The Morgan fingerprint density at radius 2 is 1.74 bits per heavy atom. The molecule has 0 unspecified atom stereocenters.